The number of aryl methyl sites for hydroxylation is 1. The lowest BCUT2D eigenvalue weighted by molar-refractivity contribution is 0.333. The molecular formula is C19H21N5O. The van der Waals surface area contributed by atoms with Crippen LogP contribution in [0.2, 0.25) is 0 Å². The van der Waals surface area contributed by atoms with Crippen LogP contribution in [0.4, 0.5) is 5.82 Å². The summed E-state index contributed by atoms with van der Waals surface area (Å²) in [5.74, 6) is 1.42. The third-order valence-electron chi connectivity index (χ3n) is 4.90. The maximum absolute atomic E-state index is 11.9. The second-order valence-electron chi connectivity index (χ2n) is 6.68. The number of anilines is 1. The Morgan fingerprint density at radius 2 is 1.92 bits per heavy atom. The van der Waals surface area contributed by atoms with Crippen molar-refractivity contribution in [3.8, 4) is 0 Å². The Hall–Kier alpha value is -2.76. The van der Waals surface area contributed by atoms with Gasteiger partial charge in [0.15, 0.2) is 5.82 Å². The van der Waals surface area contributed by atoms with E-state index in [4.69, 9.17) is 0 Å². The van der Waals surface area contributed by atoms with Crippen molar-refractivity contribution in [1.29, 1.82) is 0 Å². The summed E-state index contributed by atoms with van der Waals surface area (Å²) in [6.45, 7) is 4.45. The first-order valence-electron chi connectivity index (χ1n) is 8.71. The summed E-state index contributed by atoms with van der Waals surface area (Å²) < 4.78 is 1.60. The summed E-state index contributed by atoms with van der Waals surface area (Å²) in [6.07, 6.45) is 3.85. The SMILES string of the molecule is Cc1ccc(=O)n(CC2CCN(c3nncc4ccccc34)CC2)n1. The highest BCUT2D eigenvalue weighted by Crippen LogP contribution is 2.27. The van der Waals surface area contributed by atoms with E-state index in [1.165, 1.54) is 0 Å². The summed E-state index contributed by atoms with van der Waals surface area (Å²) in [4.78, 5) is 14.3. The molecule has 6 heteroatoms. The molecule has 0 saturated carbocycles. The van der Waals surface area contributed by atoms with Crippen LogP contribution in [-0.2, 0) is 6.54 Å². The molecular weight excluding hydrogens is 314 g/mol. The second kappa shape index (κ2) is 6.63. The summed E-state index contributed by atoms with van der Waals surface area (Å²) in [5.41, 5.74) is 0.857. The molecule has 0 N–H and O–H groups in total. The smallest absolute Gasteiger partial charge is 0.266 e. The Balaban J connectivity index is 1.48. The number of hydrogen-bond donors (Lipinski definition) is 0. The van der Waals surface area contributed by atoms with Gasteiger partial charge in [-0.2, -0.15) is 10.2 Å². The van der Waals surface area contributed by atoms with Crippen LogP contribution in [-0.4, -0.2) is 33.1 Å². The minimum absolute atomic E-state index is 0.0204. The first kappa shape index (κ1) is 15.7. The Morgan fingerprint density at radius 1 is 1.12 bits per heavy atom. The van der Waals surface area contributed by atoms with Gasteiger partial charge in [-0.15, -0.1) is 5.10 Å². The van der Waals surface area contributed by atoms with Gasteiger partial charge in [-0.25, -0.2) is 4.68 Å². The van der Waals surface area contributed by atoms with Gasteiger partial charge in [0.2, 0.25) is 0 Å². The summed E-state index contributed by atoms with van der Waals surface area (Å²) >= 11 is 0. The molecule has 0 radical (unpaired) electrons. The molecule has 0 amide bonds. The lowest BCUT2D eigenvalue weighted by Gasteiger charge is -2.33. The molecule has 1 aliphatic rings. The second-order valence-corrected chi connectivity index (χ2v) is 6.68. The fourth-order valence-electron chi connectivity index (χ4n) is 3.50. The monoisotopic (exact) mass is 335 g/mol. The molecule has 0 atom stereocenters. The molecule has 3 aromatic rings. The van der Waals surface area contributed by atoms with E-state index in [9.17, 15) is 4.79 Å². The molecule has 0 spiro atoms. The molecule has 0 aliphatic carbocycles. The van der Waals surface area contributed by atoms with Crippen LogP contribution >= 0.6 is 0 Å². The van der Waals surface area contributed by atoms with Gasteiger partial charge in [0, 0.05) is 36.5 Å². The zero-order valence-corrected chi connectivity index (χ0v) is 14.3. The number of nitrogens with zero attached hydrogens (tertiary/aromatic N) is 5. The molecule has 25 heavy (non-hydrogen) atoms. The van der Waals surface area contributed by atoms with E-state index < -0.39 is 0 Å². The largest absolute Gasteiger partial charge is 0.355 e. The first-order valence-corrected chi connectivity index (χ1v) is 8.71. The molecule has 2 aromatic heterocycles. The van der Waals surface area contributed by atoms with Crippen molar-refractivity contribution in [3.63, 3.8) is 0 Å². The summed E-state index contributed by atoms with van der Waals surface area (Å²) in [6, 6.07) is 11.6. The Morgan fingerprint density at radius 3 is 2.76 bits per heavy atom. The highest BCUT2D eigenvalue weighted by molar-refractivity contribution is 5.91. The Bertz CT molecular complexity index is 938. The Labute approximate surface area is 146 Å². The number of benzene rings is 1. The van der Waals surface area contributed by atoms with Crippen molar-refractivity contribution in [3.05, 3.63) is 58.6 Å². The van der Waals surface area contributed by atoms with Crippen LogP contribution in [0.5, 0.6) is 0 Å². The van der Waals surface area contributed by atoms with Gasteiger partial charge in [-0.3, -0.25) is 4.79 Å². The number of rotatable bonds is 3. The maximum atomic E-state index is 11.9. The number of hydrogen-bond acceptors (Lipinski definition) is 5. The summed E-state index contributed by atoms with van der Waals surface area (Å²) in [5, 5.41) is 15.1. The zero-order valence-electron chi connectivity index (χ0n) is 14.3. The van der Waals surface area contributed by atoms with Gasteiger partial charge in [-0.05, 0) is 31.7 Å². The van der Waals surface area contributed by atoms with Gasteiger partial charge in [0.25, 0.3) is 5.56 Å². The van der Waals surface area contributed by atoms with Crippen molar-refractivity contribution in [2.75, 3.05) is 18.0 Å². The predicted molar refractivity (Wildman–Crippen MR) is 97.7 cm³/mol. The number of piperidine rings is 1. The van der Waals surface area contributed by atoms with Crippen LogP contribution < -0.4 is 10.5 Å². The molecule has 0 unspecified atom stereocenters. The maximum Gasteiger partial charge on any atom is 0.266 e. The molecule has 6 nitrogen and oxygen atoms in total. The van der Waals surface area contributed by atoms with Crippen molar-refractivity contribution in [1.82, 2.24) is 20.0 Å². The highest BCUT2D eigenvalue weighted by Gasteiger charge is 2.22. The van der Waals surface area contributed by atoms with Gasteiger partial charge in [-0.1, -0.05) is 24.3 Å². The number of aromatic nitrogens is 4. The molecule has 1 saturated heterocycles. The molecule has 0 bridgehead atoms. The van der Waals surface area contributed by atoms with Gasteiger partial charge < -0.3 is 4.90 Å². The normalized spacial score (nSPS) is 15.6. The summed E-state index contributed by atoms with van der Waals surface area (Å²) in [7, 11) is 0. The van der Waals surface area contributed by atoms with E-state index in [1.807, 2.05) is 19.1 Å². The molecule has 1 aromatic carbocycles. The van der Waals surface area contributed by atoms with Crippen LogP contribution in [0.1, 0.15) is 18.5 Å². The minimum Gasteiger partial charge on any atom is -0.355 e. The van der Waals surface area contributed by atoms with E-state index in [1.54, 1.807) is 23.0 Å². The molecule has 3 heterocycles. The van der Waals surface area contributed by atoms with Crippen LogP contribution in [0, 0.1) is 12.8 Å². The third-order valence-corrected chi connectivity index (χ3v) is 4.90. The fourth-order valence-corrected chi connectivity index (χ4v) is 3.50. The number of fused-ring (bicyclic) bond motifs is 1. The van der Waals surface area contributed by atoms with E-state index >= 15 is 0 Å². The Kier molecular flexibility index (Phi) is 4.17. The quantitative estimate of drug-likeness (QED) is 0.735. The van der Waals surface area contributed by atoms with Crippen molar-refractivity contribution in [2.24, 2.45) is 5.92 Å². The van der Waals surface area contributed by atoms with Gasteiger partial charge >= 0.3 is 0 Å². The molecule has 4 rings (SSSR count). The van der Waals surface area contributed by atoms with Crippen LogP contribution in [0.15, 0.2) is 47.4 Å². The lowest BCUT2D eigenvalue weighted by atomic mass is 9.96. The highest BCUT2D eigenvalue weighted by atomic mass is 16.1. The molecule has 1 fully saturated rings. The first-order chi connectivity index (χ1) is 12.2. The minimum atomic E-state index is -0.0204. The standard InChI is InChI=1S/C19H21N5O/c1-14-6-7-18(25)24(22-14)13-15-8-10-23(11-9-15)19-17-5-3-2-4-16(17)12-20-21-19/h2-7,12,15H,8-11,13H2,1H3. The van der Waals surface area contributed by atoms with Gasteiger partial charge in [0.05, 0.1) is 11.9 Å². The van der Waals surface area contributed by atoms with Crippen LogP contribution in [0.25, 0.3) is 10.8 Å². The fraction of sp³-hybridized carbons (Fsp3) is 0.368. The average Bonchev–Trinajstić information content (AvgIpc) is 2.65. The van der Waals surface area contributed by atoms with Crippen molar-refractivity contribution < 1.29 is 0 Å². The van der Waals surface area contributed by atoms with E-state index in [0.717, 1.165) is 48.2 Å². The predicted octanol–water partition coefficient (Wildman–Crippen LogP) is 2.41. The topological polar surface area (TPSA) is 63.9 Å². The van der Waals surface area contributed by atoms with E-state index in [2.05, 4.69) is 32.3 Å². The van der Waals surface area contributed by atoms with Crippen molar-refractivity contribution >= 4 is 16.6 Å². The molecule has 1 aliphatic heterocycles. The third kappa shape index (κ3) is 3.24. The van der Waals surface area contributed by atoms with Crippen LogP contribution in [0.3, 0.4) is 0 Å². The zero-order chi connectivity index (χ0) is 17.2. The average molecular weight is 335 g/mol. The van der Waals surface area contributed by atoms with E-state index in [-0.39, 0.29) is 5.56 Å². The van der Waals surface area contributed by atoms with Crippen molar-refractivity contribution in [2.45, 2.75) is 26.3 Å². The van der Waals surface area contributed by atoms with Gasteiger partial charge in [0.1, 0.15) is 0 Å². The lowest BCUT2D eigenvalue weighted by Crippen LogP contribution is -2.37. The molecule has 128 valence electrons. The van der Waals surface area contributed by atoms with E-state index in [0.29, 0.717) is 12.5 Å².